The van der Waals surface area contributed by atoms with E-state index in [2.05, 4.69) is 28.6 Å². The summed E-state index contributed by atoms with van der Waals surface area (Å²) in [7, 11) is 0. The van der Waals surface area contributed by atoms with Gasteiger partial charge >= 0.3 is 0 Å². The minimum atomic E-state index is -0.442. The van der Waals surface area contributed by atoms with Crippen molar-refractivity contribution in [3.63, 3.8) is 0 Å². The van der Waals surface area contributed by atoms with Crippen LogP contribution >= 0.6 is 0 Å². The standard InChI is InChI=1S/C14H23N3O/c1-4-16-5-7-17(8-6-16)14-11(2)9-13(10-15-14)12(3)18/h9-10,12,18H,4-8H2,1-3H3/t12-/m0/s1. The Hall–Kier alpha value is -1.13. The minimum absolute atomic E-state index is 0.442. The first-order valence-corrected chi connectivity index (χ1v) is 6.73. The van der Waals surface area contributed by atoms with Gasteiger partial charge in [-0.1, -0.05) is 6.92 Å². The Morgan fingerprint density at radius 1 is 1.33 bits per heavy atom. The molecule has 4 nitrogen and oxygen atoms in total. The molecule has 1 aliphatic rings. The van der Waals surface area contributed by atoms with E-state index in [0.29, 0.717) is 0 Å². The third-order valence-corrected chi connectivity index (χ3v) is 3.67. The molecule has 0 amide bonds. The summed E-state index contributed by atoms with van der Waals surface area (Å²) in [5.74, 6) is 1.06. The van der Waals surface area contributed by atoms with Crippen molar-refractivity contribution in [2.75, 3.05) is 37.6 Å². The number of hydrogen-bond acceptors (Lipinski definition) is 4. The van der Waals surface area contributed by atoms with Crippen LogP contribution in [0.1, 0.15) is 31.1 Å². The van der Waals surface area contributed by atoms with Crippen LogP contribution in [0.25, 0.3) is 0 Å². The minimum Gasteiger partial charge on any atom is -0.389 e. The monoisotopic (exact) mass is 249 g/mol. The summed E-state index contributed by atoms with van der Waals surface area (Å²) in [6.07, 6.45) is 1.35. The second-order valence-electron chi connectivity index (χ2n) is 5.01. The molecule has 0 spiro atoms. The molecule has 1 N–H and O–H groups in total. The molecule has 1 saturated heterocycles. The van der Waals surface area contributed by atoms with Crippen LogP contribution in [0.5, 0.6) is 0 Å². The second kappa shape index (κ2) is 5.67. The number of aliphatic hydroxyl groups excluding tert-OH is 1. The van der Waals surface area contributed by atoms with Crippen molar-refractivity contribution in [3.8, 4) is 0 Å². The maximum absolute atomic E-state index is 9.56. The lowest BCUT2D eigenvalue weighted by Crippen LogP contribution is -2.46. The molecule has 1 fully saturated rings. The molecule has 2 heterocycles. The number of aliphatic hydroxyl groups is 1. The molecule has 1 aromatic rings. The fraction of sp³-hybridized carbons (Fsp3) is 0.643. The van der Waals surface area contributed by atoms with Crippen LogP contribution in [-0.4, -0.2) is 47.7 Å². The van der Waals surface area contributed by atoms with Gasteiger partial charge in [-0.3, -0.25) is 0 Å². The zero-order valence-corrected chi connectivity index (χ0v) is 11.6. The van der Waals surface area contributed by atoms with Crippen molar-refractivity contribution in [2.24, 2.45) is 0 Å². The molecular formula is C14H23N3O. The summed E-state index contributed by atoms with van der Waals surface area (Å²) in [5, 5.41) is 9.56. The molecule has 0 unspecified atom stereocenters. The quantitative estimate of drug-likeness (QED) is 0.883. The Labute approximate surface area is 109 Å². The lowest BCUT2D eigenvalue weighted by Gasteiger charge is -2.35. The van der Waals surface area contributed by atoms with E-state index in [4.69, 9.17) is 0 Å². The smallest absolute Gasteiger partial charge is 0.131 e. The third-order valence-electron chi connectivity index (χ3n) is 3.67. The number of aromatic nitrogens is 1. The summed E-state index contributed by atoms with van der Waals surface area (Å²) in [6.45, 7) is 11.5. The van der Waals surface area contributed by atoms with Gasteiger partial charge in [0, 0.05) is 32.4 Å². The maximum atomic E-state index is 9.56. The summed E-state index contributed by atoms with van der Waals surface area (Å²) in [4.78, 5) is 9.32. The van der Waals surface area contributed by atoms with Gasteiger partial charge in [0.2, 0.25) is 0 Å². The number of rotatable bonds is 3. The molecule has 100 valence electrons. The average molecular weight is 249 g/mol. The molecule has 1 atom stereocenters. The number of hydrogen-bond donors (Lipinski definition) is 1. The molecular weight excluding hydrogens is 226 g/mol. The number of pyridine rings is 1. The largest absolute Gasteiger partial charge is 0.389 e. The molecule has 0 aromatic carbocycles. The Morgan fingerprint density at radius 2 is 2.00 bits per heavy atom. The molecule has 0 saturated carbocycles. The molecule has 0 aliphatic carbocycles. The van der Waals surface area contributed by atoms with E-state index in [1.807, 2.05) is 6.07 Å². The fourth-order valence-corrected chi connectivity index (χ4v) is 2.42. The van der Waals surface area contributed by atoms with E-state index in [-0.39, 0.29) is 0 Å². The molecule has 2 rings (SSSR count). The molecule has 0 radical (unpaired) electrons. The van der Waals surface area contributed by atoms with Crippen LogP contribution < -0.4 is 4.90 Å². The molecule has 1 aromatic heterocycles. The van der Waals surface area contributed by atoms with Crippen LogP contribution in [0.15, 0.2) is 12.3 Å². The molecule has 0 bridgehead atoms. The topological polar surface area (TPSA) is 39.6 Å². The van der Waals surface area contributed by atoms with Crippen molar-refractivity contribution in [3.05, 3.63) is 23.4 Å². The zero-order chi connectivity index (χ0) is 13.1. The normalized spacial score (nSPS) is 19.0. The highest BCUT2D eigenvalue weighted by Gasteiger charge is 2.18. The van der Waals surface area contributed by atoms with Crippen LogP contribution in [0, 0.1) is 6.92 Å². The van der Waals surface area contributed by atoms with E-state index in [1.54, 1.807) is 13.1 Å². The molecule has 1 aliphatic heterocycles. The van der Waals surface area contributed by atoms with Crippen molar-refractivity contribution in [1.29, 1.82) is 0 Å². The van der Waals surface area contributed by atoms with E-state index in [1.165, 1.54) is 0 Å². The highest BCUT2D eigenvalue weighted by atomic mass is 16.3. The van der Waals surface area contributed by atoms with Gasteiger partial charge in [-0.05, 0) is 37.6 Å². The van der Waals surface area contributed by atoms with Crippen LogP contribution in [0.4, 0.5) is 5.82 Å². The lowest BCUT2D eigenvalue weighted by molar-refractivity contribution is 0.199. The van der Waals surface area contributed by atoms with E-state index in [0.717, 1.165) is 49.7 Å². The average Bonchev–Trinajstić information content (AvgIpc) is 2.38. The fourth-order valence-electron chi connectivity index (χ4n) is 2.42. The highest BCUT2D eigenvalue weighted by Crippen LogP contribution is 2.22. The van der Waals surface area contributed by atoms with Crippen molar-refractivity contribution in [1.82, 2.24) is 9.88 Å². The van der Waals surface area contributed by atoms with Gasteiger partial charge in [0.15, 0.2) is 0 Å². The molecule has 4 heteroatoms. The van der Waals surface area contributed by atoms with Crippen molar-refractivity contribution < 1.29 is 5.11 Å². The van der Waals surface area contributed by atoms with Crippen molar-refractivity contribution in [2.45, 2.75) is 26.9 Å². The van der Waals surface area contributed by atoms with Gasteiger partial charge in [0.25, 0.3) is 0 Å². The maximum Gasteiger partial charge on any atom is 0.131 e. The highest BCUT2D eigenvalue weighted by molar-refractivity contribution is 5.48. The van der Waals surface area contributed by atoms with Crippen molar-refractivity contribution >= 4 is 5.82 Å². The Bertz CT molecular complexity index is 398. The van der Waals surface area contributed by atoms with Gasteiger partial charge in [-0.2, -0.15) is 0 Å². The summed E-state index contributed by atoms with van der Waals surface area (Å²) in [6, 6.07) is 2.04. The predicted octanol–water partition coefficient (Wildman–Crippen LogP) is 1.59. The Balaban J connectivity index is 2.10. The van der Waals surface area contributed by atoms with Crippen LogP contribution in [0.2, 0.25) is 0 Å². The van der Waals surface area contributed by atoms with E-state index in [9.17, 15) is 5.11 Å². The summed E-state index contributed by atoms with van der Waals surface area (Å²) < 4.78 is 0. The van der Waals surface area contributed by atoms with Gasteiger partial charge in [0.05, 0.1) is 6.10 Å². The van der Waals surface area contributed by atoms with Crippen LogP contribution in [-0.2, 0) is 0 Å². The summed E-state index contributed by atoms with van der Waals surface area (Å²) in [5.41, 5.74) is 2.04. The number of aryl methyl sites for hydroxylation is 1. The van der Waals surface area contributed by atoms with E-state index < -0.39 is 6.10 Å². The Morgan fingerprint density at radius 3 is 2.50 bits per heavy atom. The predicted molar refractivity (Wildman–Crippen MR) is 73.9 cm³/mol. The first kappa shape index (κ1) is 13.3. The van der Waals surface area contributed by atoms with Crippen LogP contribution in [0.3, 0.4) is 0 Å². The SMILES string of the molecule is CCN1CCN(c2ncc([C@H](C)O)cc2C)CC1. The second-order valence-corrected chi connectivity index (χ2v) is 5.01. The number of anilines is 1. The van der Waals surface area contributed by atoms with Gasteiger partial charge in [-0.15, -0.1) is 0 Å². The number of nitrogens with zero attached hydrogens (tertiary/aromatic N) is 3. The number of likely N-dealkylation sites (N-methyl/N-ethyl adjacent to an activating group) is 1. The summed E-state index contributed by atoms with van der Waals surface area (Å²) >= 11 is 0. The lowest BCUT2D eigenvalue weighted by atomic mass is 10.1. The first-order valence-electron chi connectivity index (χ1n) is 6.73. The van der Waals surface area contributed by atoms with Gasteiger partial charge in [-0.25, -0.2) is 4.98 Å². The first-order chi connectivity index (χ1) is 8.61. The van der Waals surface area contributed by atoms with Gasteiger partial charge < -0.3 is 14.9 Å². The van der Waals surface area contributed by atoms with E-state index >= 15 is 0 Å². The zero-order valence-electron chi connectivity index (χ0n) is 11.6. The number of piperazine rings is 1. The van der Waals surface area contributed by atoms with Gasteiger partial charge in [0.1, 0.15) is 5.82 Å². The molecule has 18 heavy (non-hydrogen) atoms. The Kier molecular flexibility index (Phi) is 4.19. The third kappa shape index (κ3) is 2.82.